The molecule has 1 N–H and O–H groups in total. The molecular formula is C12H16O5S. The van der Waals surface area contributed by atoms with Crippen LogP contribution in [0.3, 0.4) is 0 Å². The second-order valence-corrected chi connectivity index (χ2v) is 6.99. The summed E-state index contributed by atoms with van der Waals surface area (Å²) in [5.74, 6) is -1.14. The zero-order valence-electron chi connectivity index (χ0n) is 10.2. The highest BCUT2D eigenvalue weighted by molar-refractivity contribution is 7.91. The summed E-state index contributed by atoms with van der Waals surface area (Å²) < 4.78 is 29.3. The van der Waals surface area contributed by atoms with Gasteiger partial charge in [0.25, 0.3) is 0 Å². The monoisotopic (exact) mass is 272 g/mol. The van der Waals surface area contributed by atoms with Crippen LogP contribution in [-0.2, 0) is 15.6 Å². The van der Waals surface area contributed by atoms with Crippen molar-refractivity contribution in [3.05, 3.63) is 23.2 Å². The first-order chi connectivity index (χ1) is 8.40. The number of carbonyl (C=O) groups is 1. The molecule has 0 aromatic carbocycles. The third-order valence-electron chi connectivity index (χ3n) is 3.40. The first-order valence-electron chi connectivity index (χ1n) is 5.94. The van der Waals surface area contributed by atoms with Crippen LogP contribution in [0.5, 0.6) is 0 Å². The highest BCUT2D eigenvalue weighted by Gasteiger charge is 2.30. The Morgan fingerprint density at radius 3 is 2.56 bits per heavy atom. The van der Waals surface area contributed by atoms with Crippen molar-refractivity contribution in [1.82, 2.24) is 0 Å². The maximum absolute atomic E-state index is 12.1. The minimum absolute atomic E-state index is 0.125. The summed E-state index contributed by atoms with van der Waals surface area (Å²) in [6.45, 7) is 1.59. The summed E-state index contributed by atoms with van der Waals surface area (Å²) in [6, 6.07) is 1.31. The van der Waals surface area contributed by atoms with E-state index < -0.39 is 15.8 Å². The number of hydrogen-bond donors (Lipinski definition) is 1. The molecule has 18 heavy (non-hydrogen) atoms. The van der Waals surface area contributed by atoms with Crippen molar-refractivity contribution in [3.8, 4) is 0 Å². The van der Waals surface area contributed by atoms with Crippen LogP contribution in [-0.4, -0.2) is 24.7 Å². The van der Waals surface area contributed by atoms with Crippen molar-refractivity contribution < 1.29 is 22.7 Å². The number of carboxylic acid groups (broad SMARTS) is 1. The molecule has 0 atom stereocenters. The Morgan fingerprint density at radius 2 is 2.06 bits per heavy atom. The van der Waals surface area contributed by atoms with Crippen LogP contribution in [0.4, 0.5) is 0 Å². The van der Waals surface area contributed by atoms with Gasteiger partial charge in [-0.15, -0.1) is 0 Å². The molecule has 0 amide bonds. The van der Waals surface area contributed by atoms with Crippen LogP contribution < -0.4 is 0 Å². The number of aromatic carboxylic acids is 1. The smallest absolute Gasteiger partial charge is 0.371 e. The van der Waals surface area contributed by atoms with Gasteiger partial charge >= 0.3 is 5.97 Å². The zero-order valence-corrected chi connectivity index (χ0v) is 11.0. The maximum atomic E-state index is 12.1. The summed E-state index contributed by atoms with van der Waals surface area (Å²) >= 11 is 0. The van der Waals surface area contributed by atoms with Crippen molar-refractivity contribution in [3.63, 3.8) is 0 Å². The first-order valence-corrected chi connectivity index (χ1v) is 7.66. The highest BCUT2D eigenvalue weighted by atomic mass is 32.2. The molecule has 2 rings (SSSR count). The molecule has 0 spiro atoms. The van der Waals surface area contributed by atoms with E-state index in [0.717, 1.165) is 12.8 Å². The summed E-state index contributed by atoms with van der Waals surface area (Å²) in [6.07, 6.45) is 3.33. The largest absolute Gasteiger partial charge is 0.475 e. The first kappa shape index (κ1) is 13.1. The van der Waals surface area contributed by atoms with Crippen molar-refractivity contribution in [1.29, 1.82) is 0 Å². The second-order valence-electron chi connectivity index (χ2n) is 4.71. The van der Waals surface area contributed by atoms with Gasteiger partial charge in [0.1, 0.15) is 5.76 Å². The third kappa shape index (κ3) is 2.58. The summed E-state index contributed by atoms with van der Waals surface area (Å²) in [7, 11) is -3.20. The third-order valence-corrected chi connectivity index (χ3v) is 5.60. The Hall–Kier alpha value is -1.30. The molecular weight excluding hydrogens is 256 g/mol. The lowest BCUT2D eigenvalue weighted by molar-refractivity contribution is 0.0661. The van der Waals surface area contributed by atoms with Crippen molar-refractivity contribution >= 4 is 15.8 Å². The van der Waals surface area contributed by atoms with E-state index in [4.69, 9.17) is 9.52 Å². The number of carboxylic acids is 1. The number of sulfone groups is 1. The lowest BCUT2D eigenvalue weighted by atomic mass is 10.3. The van der Waals surface area contributed by atoms with E-state index in [9.17, 15) is 13.2 Å². The minimum atomic E-state index is -3.20. The molecule has 0 bridgehead atoms. The Kier molecular flexibility index (Phi) is 3.47. The Labute approximate surface area is 106 Å². The normalized spacial score (nSPS) is 17.2. The topological polar surface area (TPSA) is 84.6 Å². The molecule has 1 aromatic rings. The molecule has 0 unspecified atom stereocenters. The number of furan rings is 1. The fraction of sp³-hybridized carbons (Fsp3) is 0.583. The molecule has 100 valence electrons. The minimum Gasteiger partial charge on any atom is -0.475 e. The van der Waals surface area contributed by atoms with Crippen LogP contribution in [0.2, 0.25) is 0 Å². The zero-order chi connectivity index (χ0) is 13.3. The number of rotatable bonds is 4. The van der Waals surface area contributed by atoms with Crippen LogP contribution in [0, 0.1) is 6.92 Å². The Balaban J connectivity index is 2.20. The van der Waals surface area contributed by atoms with E-state index in [1.54, 1.807) is 6.92 Å². The van der Waals surface area contributed by atoms with Gasteiger partial charge in [-0.1, -0.05) is 12.8 Å². The lowest BCUT2D eigenvalue weighted by Gasteiger charge is -2.09. The predicted molar refractivity (Wildman–Crippen MR) is 65.3 cm³/mol. The maximum Gasteiger partial charge on any atom is 0.371 e. The van der Waals surface area contributed by atoms with E-state index in [-0.39, 0.29) is 16.8 Å². The van der Waals surface area contributed by atoms with Gasteiger partial charge in [-0.3, -0.25) is 0 Å². The summed E-state index contributed by atoms with van der Waals surface area (Å²) in [5.41, 5.74) is 0.458. The van der Waals surface area contributed by atoms with Crippen LogP contribution in [0.1, 0.15) is 47.6 Å². The average molecular weight is 272 g/mol. The van der Waals surface area contributed by atoms with Crippen molar-refractivity contribution in [2.45, 2.75) is 43.6 Å². The van der Waals surface area contributed by atoms with E-state index in [1.807, 2.05) is 0 Å². The fourth-order valence-corrected chi connectivity index (χ4v) is 4.36. The molecule has 0 radical (unpaired) electrons. The molecule has 0 aliphatic heterocycles. The average Bonchev–Trinajstić information content (AvgIpc) is 2.88. The molecule has 1 fully saturated rings. The van der Waals surface area contributed by atoms with Crippen LogP contribution in [0.15, 0.2) is 10.5 Å². The second kappa shape index (κ2) is 4.76. The van der Waals surface area contributed by atoms with Crippen LogP contribution >= 0.6 is 0 Å². The molecule has 1 aliphatic rings. The molecule has 1 saturated carbocycles. The Morgan fingerprint density at radius 1 is 1.44 bits per heavy atom. The number of aryl methyl sites for hydroxylation is 1. The highest BCUT2D eigenvalue weighted by Crippen LogP contribution is 2.28. The molecule has 1 aliphatic carbocycles. The van der Waals surface area contributed by atoms with Gasteiger partial charge in [-0.2, -0.15) is 0 Å². The fourth-order valence-electron chi connectivity index (χ4n) is 2.35. The Bertz CT molecular complexity index is 549. The summed E-state index contributed by atoms with van der Waals surface area (Å²) in [4.78, 5) is 10.7. The SMILES string of the molecule is Cc1oc(C(=O)O)cc1CS(=O)(=O)C1CCCC1. The molecule has 1 heterocycles. The summed E-state index contributed by atoms with van der Waals surface area (Å²) in [5, 5.41) is 8.51. The lowest BCUT2D eigenvalue weighted by Crippen LogP contribution is -2.19. The van der Waals surface area contributed by atoms with E-state index in [1.165, 1.54) is 6.07 Å². The van der Waals surface area contributed by atoms with Gasteiger partial charge in [0, 0.05) is 5.56 Å². The van der Waals surface area contributed by atoms with Gasteiger partial charge in [0.15, 0.2) is 9.84 Å². The van der Waals surface area contributed by atoms with Crippen molar-refractivity contribution in [2.24, 2.45) is 0 Å². The molecule has 1 aromatic heterocycles. The van der Waals surface area contributed by atoms with Crippen LogP contribution in [0.25, 0.3) is 0 Å². The molecule has 5 nitrogen and oxygen atoms in total. The van der Waals surface area contributed by atoms with Gasteiger partial charge in [0.2, 0.25) is 5.76 Å². The van der Waals surface area contributed by atoms with Crippen molar-refractivity contribution in [2.75, 3.05) is 0 Å². The standard InChI is InChI=1S/C12H16O5S/c1-8-9(6-11(17-8)12(13)14)7-18(15,16)10-4-2-3-5-10/h6,10H,2-5,7H2,1H3,(H,13,14). The van der Waals surface area contributed by atoms with Gasteiger partial charge < -0.3 is 9.52 Å². The van der Waals surface area contributed by atoms with E-state index in [0.29, 0.717) is 24.2 Å². The van der Waals surface area contributed by atoms with E-state index in [2.05, 4.69) is 0 Å². The van der Waals surface area contributed by atoms with Gasteiger partial charge in [-0.05, 0) is 25.8 Å². The van der Waals surface area contributed by atoms with Gasteiger partial charge in [-0.25, -0.2) is 13.2 Å². The number of hydrogen-bond acceptors (Lipinski definition) is 4. The van der Waals surface area contributed by atoms with Gasteiger partial charge in [0.05, 0.1) is 11.0 Å². The quantitative estimate of drug-likeness (QED) is 0.907. The predicted octanol–water partition coefficient (Wildman–Crippen LogP) is 2.14. The van der Waals surface area contributed by atoms with E-state index >= 15 is 0 Å². The molecule has 0 saturated heterocycles. The molecule has 6 heteroatoms.